The van der Waals surface area contributed by atoms with E-state index < -0.39 is 6.04 Å². The van der Waals surface area contributed by atoms with E-state index in [1.165, 1.54) is 0 Å². The summed E-state index contributed by atoms with van der Waals surface area (Å²) in [5.41, 5.74) is 1.73. The first-order chi connectivity index (χ1) is 16.6. The van der Waals surface area contributed by atoms with Gasteiger partial charge in [-0.05, 0) is 48.9 Å². The van der Waals surface area contributed by atoms with Crippen molar-refractivity contribution in [1.82, 2.24) is 15.2 Å². The van der Waals surface area contributed by atoms with E-state index >= 15 is 0 Å². The summed E-state index contributed by atoms with van der Waals surface area (Å²) in [6.45, 7) is 4.69. The average Bonchev–Trinajstić information content (AvgIpc) is 2.89. The molecule has 1 fully saturated rings. The van der Waals surface area contributed by atoms with E-state index in [1.807, 2.05) is 60.7 Å². The number of urea groups is 1. The van der Waals surface area contributed by atoms with Crippen LogP contribution in [0.15, 0.2) is 79.0 Å². The van der Waals surface area contributed by atoms with Crippen LogP contribution in [0.4, 0.5) is 16.3 Å². The van der Waals surface area contributed by atoms with E-state index in [-0.39, 0.29) is 11.9 Å². The molecule has 1 saturated heterocycles. The zero-order valence-corrected chi connectivity index (χ0v) is 19.2. The van der Waals surface area contributed by atoms with E-state index in [4.69, 9.17) is 4.74 Å². The number of carbonyl (C=O) groups is 2. The lowest BCUT2D eigenvalue weighted by Crippen LogP contribution is -2.54. The number of carbonyl (C=O) groups excluding carboxylic acids is 2. The largest absolute Gasteiger partial charge is 0.489 e. The second kappa shape index (κ2) is 11.2. The van der Waals surface area contributed by atoms with E-state index in [9.17, 15) is 9.59 Å². The lowest BCUT2D eigenvalue weighted by Gasteiger charge is -2.35. The van der Waals surface area contributed by atoms with Crippen LogP contribution in [0.2, 0.25) is 0 Å². The summed E-state index contributed by atoms with van der Waals surface area (Å²) in [6, 6.07) is 22.0. The summed E-state index contributed by atoms with van der Waals surface area (Å²) in [5, 5.41) is 5.63. The molecule has 176 valence electrons. The second-order valence-corrected chi connectivity index (χ2v) is 8.12. The lowest BCUT2D eigenvalue weighted by atomic mass is 10.2. The summed E-state index contributed by atoms with van der Waals surface area (Å²) in [4.78, 5) is 33.4. The first-order valence-corrected chi connectivity index (χ1v) is 11.4. The van der Waals surface area contributed by atoms with Gasteiger partial charge in [0.25, 0.3) is 0 Å². The van der Waals surface area contributed by atoms with Crippen LogP contribution in [0, 0.1) is 0 Å². The zero-order chi connectivity index (χ0) is 23.8. The van der Waals surface area contributed by atoms with E-state index in [0.717, 1.165) is 11.4 Å². The predicted octanol–water partition coefficient (Wildman–Crippen LogP) is 3.52. The standard InChI is InChI=1S/C26H29N5O3/c1-20(28-26(33)31-17-15-30(16-18-31)24-9-5-6-14-27-24)25(32)29-22-10-12-23(13-11-22)34-19-21-7-3-2-4-8-21/h2-14,20H,15-19H2,1H3,(H,28,33)(H,29,32)/t20-/m0/s1. The van der Waals surface area contributed by atoms with E-state index in [0.29, 0.717) is 44.2 Å². The molecule has 0 spiro atoms. The van der Waals surface area contributed by atoms with Gasteiger partial charge in [0, 0.05) is 38.1 Å². The highest BCUT2D eigenvalue weighted by Gasteiger charge is 2.24. The third kappa shape index (κ3) is 6.25. The van der Waals surface area contributed by atoms with Crippen molar-refractivity contribution >= 4 is 23.4 Å². The molecule has 8 nitrogen and oxygen atoms in total. The first-order valence-electron chi connectivity index (χ1n) is 11.4. The minimum atomic E-state index is -0.671. The maximum absolute atomic E-state index is 12.6. The number of piperazine rings is 1. The molecule has 4 rings (SSSR count). The minimum absolute atomic E-state index is 0.243. The van der Waals surface area contributed by atoms with Crippen LogP contribution < -0.4 is 20.3 Å². The molecule has 2 aromatic carbocycles. The van der Waals surface area contributed by atoms with Crippen LogP contribution in [0.1, 0.15) is 12.5 Å². The van der Waals surface area contributed by atoms with Gasteiger partial charge in [0.2, 0.25) is 5.91 Å². The summed E-state index contributed by atoms with van der Waals surface area (Å²) < 4.78 is 5.77. The van der Waals surface area contributed by atoms with Gasteiger partial charge in [-0.2, -0.15) is 0 Å². The highest BCUT2D eigenvalue weighted by molar-refractivity contribution is 5.96. The number of rotatable bonds is 7. The molecule has 3 amide bonds. The highest BCUT2D eigenvalue weighted by atomic mass is 16.5. The van der Waals surface area contributed by atoms with E-state index in [2.05, 4.69) is 20.5 Å². The van der Waals surface area contributed by atoms with Gasteiger partial charge in [0.1, 0.15) is 24.2 Å². The highest BCUT2D eigenvalue weighted by Crippen LogP contribution is 2.17. The van der Waals surface area contributed by atoms with Crippen LogP contribution in [-0.2, 0) is 11.4 Å². The van der Waals surface area contributed by atoms with Gasteiger partial charge >= 0.3 is 6.03 Å². The molecule has 1 aromatic heterocycles. The van der Waals surface area contributed by atoms with Crippen molar-refractivity contribution < 1.29 is 14.3 Å². The van der Waals surface area contributed by atoms with Crippen molar-refractivity contribution in [2.45, 2.75) is 19.6 Å². The molecular formula is C26H29N5O3. The van der Waals surface area contributed by atoms with Crippen molar-refractivity contribution in [2.75, 3.05) is 36.4 Å². The fourth-order valence-corrected chi connectivity index (χ4v) is 3.65. The summed E-state index contributed by atoms with van der Waals surface area (Å²) in [6.07, 6.45) is 1.76. The molecule has 0 aliphatic carbocycles. The Bertz CT molecular complexity index is 1070. The van der Waals surface area contributed by atoms with Gasteiger partial charge < -0.3 is 25.2 Å². The molecule has 0 unspecified atom stereocenters. The van der Waals surface area contributed by atoms with Crippen molar-refractivity contribution in [3.05, 3.63) is 84.6 Å². The number of amides is 3. The van der Waals surface area contributed by atoms with Crippen LogP contribution >= 0.6 is 0 Å². The fraction of sp³-hybridized carbons (Fsp3) is 0.269. The molecular weight excluding hydrogens is 430 g/mol. The predicted molar refractivity (Wildman–Crippen MR) is 132 cm³/mol. The molecule has 1 aliphatic heterocycles. The number of ether oxygens (including phenoxy) is 1. The van der Waals surface area contributed by atoms with Gasteiger partial charge in [-0.1, -0.05) is 36.4 Å². The van der Waals surface area contributed by atoms with Crippen molar-refractivity contribution in [2.24, 2.45) is 0 Å². The Labute approximate surface area is 199 Å². The number of benzene rings is 2. The molecule has 1 atom stereocenters. The maximum Gasteiger partial charge on any atom is 0.318 e. The molecule has 0 saturated carbocycles. The Morgan fingerprint density at radius 3 is 2.32 bits per heavy atom. The molecule has 0 radical (unpaired) electrons. The third-order valence-electron chi connectivity index (χ3n) is 5.64. The zero-order valence-electron chi connectivity index (χ0n) is 19.2. The Morgan fingerprint density at radius 1 is 0.941 bits per heavy atom. The Hall–Kier alpha value is -4.07. The summed E-state index contributed by atoms with van der Waals surface area (Å²) in [7, 11) is 0. The fourth-order valence-electron chi connectivity index (χ4n) is 3.65. The second-order valence-electron chi connectivity index (χ2n) is 8.12. The quantitative estimate of drug-likeness (QED) is 0.565. The first kappa shape index (κ1) is 23.1. The smallest absolute Gasteiger partial charge is 0.318 e. The number of hydrogen-bond acceptors (Lipinski definition) is 5. The number of nitrogens with one attached hydrogen (secondary N) is 2. The lowest BCUT2D eigenvalue weighted by molar-refractivity contribution is -0.117. The molecule has 2 heterocycles. The topological polar surface area (TPSA) is 86.8 Å². The van der Waals surface area contributed by atoms with Crippen LogP contribution in [0.25, 0.3) is 0 Å². The third-order valence-corrected chi connectivity index (χ3v) is 5.64. The van der Waals surface area contributed by atoms with Crippen LogP contribution in [0.3, 0.4) is 0 Å². The number of hydrogen-bond donors (Lipinski definition) is 2. The van der Waals surface area contributed by atoms with E-state index in [1.54, 1.807) is 30.2 Å². The van der Waals surface area contributed by atoms with Crippen molar-refractivity contribution in [3.63, 3.8) is 0 Å². The van der Waals surface area contributed by atoms with Gasteiger partial charge in [0.15, 0.2) is 0 Å². The van der Waals surface area contributed by atoms with Gasteiger partial charge in [0.05, 0.1) is 0 Å². The molecule has 8 heteroatoms. The van der Waals surface area contributed by atoms with Gasteiger partial charge in [-0.15, -0.1) is 0 Å². The SMILES string of the molecule is C[C@H](NC(=O)N1CCN(c2ccccn2)CC1)C(=O)Nc1ccc(OCc2ccccc2)cc1. The molecule has 2 N–H and O–H groups in total. The number of aromatic nitrogens is 1. The Balaban J connectivity index is 1.21. The van der Waals surface area contributed by atoms with Crippen LogP contribution in [-0.4, -0.2) is 54.0 Å². The minimum Gasteiger partial charge on any atom is -0.489 e. The molecule has 0 bridgehead atoms. The van der Waals surface area contributed by atoms with Crippen molar-refractivity contribution in [1.29, 1.82) is 0 Å². The molecule has 1 aliphatic rings. The number of anilines is 2. The monoisotopic (exact) mass is 459 g/mol. The maximum atomic E-state index is 12.6. The Morgan fingerprint density at radius 2 is 1.65 bits per heavy atom. The molecule has 3 aromatic rings. The Kier molecular flexibility index (Phi) is 7.60. The normalized spacial score (nSPS) is 14.3. The van der Waals surface area contributed by atoms with Gasteiger partial charge in [-0.3, -0.25) is 4.79 Å². The van der Waals surface area contributed by atoms with Crippen LogP contribution in [0.5, 0.6) is 5.75 Å². The summed E-state index contributed by atoms with van der Waals surface area (Å²) >= 11 is 0. The average molecular weight is 460 g/mol. The van der Waals surface area contributed by atoms with Crippen molar-refractivity contribution in [3.8, 4) is 5.75 Å². The number of nitrogens with zero attached hydrogens (tertiary/aromatic N) is 3. The number of pyridine rings is 1. The van der Waals surface area contributed by atoms with Gasteiger partial charge in [-0.25, -0.2) is 9.78 Å². The molecule has 34 heavy (non-hydrogen) atoms. The summed E-state index contributed by atoms with van der Waals surface area (Å²) in [5.74, 6) is 1.35.